The molecule has 3 aromatic rings. The molecule has 142 valence electrons. The smallest absolute Gasteiger partial charge is 0.345 e. The lowest BCUT2D eigenvalue weighted by Crippen LogP contribution is -2.30. The Bertz CT molecular complexity index is 833. The van der Waals surface area contributed by atoms with E-state index in [0.29, 0.717) is 12.1 Å². The molecule has 1 fully saturated rings. The Balaban J connectivity index is 0.00000210. The summed E-state index contributed by atoms with van der Waals surface area (Å²) in [6.45, 7) is 0.853. The Morgan fingerprint density at radius 2 is 1.81 bits per heavy atom. The number of tetrazole rings is 1. The van der Waals surface area contributed by atoms with Crippen LogP contribution in [0.5, 0.6) is 11.8 Å². The van der Waals surface area contributed by atoms with E-state index in [9.17, 15) is 0 Å². The van der Waals surface area contributed by atoms with Crippen molar-refractivity contribution >= 4 is 12.4 Å². The topological polar surface area (TPSA) is 64.9 Å². The first kappa shape index (κ1) is 19.3. The summed E-state index contributed by atoms with van der Waals surface area (Å²) in [4.78, 5) is 0. The van der Waals surface area contributed by atoms with Gasteiger partial charge in [-0.05, 0) is 53.1 Å². The summed E-state index contributed by atoms with van der Waals surface area (Å²) in [5, 5.41) is 15.4. The van der Waals surface area contributed by atoms with Gasteiger partial charge in [0.05, 0.1) is 5.69 Å². The van der Waals surface area contributed by atoms with Crippen LogP contribution >= 0.6 is 12.4 Å². The minimum absolute atomic E-state index is 0. The molecule has 0 atom stereocenters. The van der Waals surface area contributed by atoms with E-state index in [1.165, 1.54) is 37.7 Å². The van der Waals surface area contributed by atoms with Gasteiger partial charge in [-0.2, -0.15) is 4.68 Å². The fraction of sp³-hybridized carbons (Fsp3) is 0.350. The number of nitrogens with zero attached hydrogens (tertiary/aromatic N) is 4. The molecule has 0 amide bonds. The van der Waals surface area contributed by atoms with Crippen LogP contribution in [0, 0.1) is 0 Å². The molecule has 0 aliphatic heterocycles. The molecule has 1 heterocycles. The number of hydrogen-bond donors (Lipinski definition) is 1. The van der Waals surface area contributed by atoms with E-state index in [-0.39, 0.29) is 12.4 Å². The quantitative estimate of drug-likeness (QED) is 0.685. The second-order valence-electron chi connectivity index (χ2n) is 6.67. The van der Waals surface area contributed by atoms with Crippen LogP contribution in [0.1, 0.15) is 37.7 Å². The van der Waals surface area contributed by atoms with E-state index in [2.05, 4.69) is 26.9 Å². The summed E-state index contributed by atoms with van der Waals surface area (Å²) in [6.07, 6.45) is 6.60. The van der Waals surface area contributed by atoms with Crippen molar-refractivity contribution in [3.8, 4) is 17.4 Å². The Morgan fingerprint density at radius 3 is 2.63 bits per heavy atom. The van der Waals surface area contributed by atoms with Crippen LogP contribution in [0.2, 0.25) is 0 Å². The van der Waals surface area contributed by atoms with Crippen LogP contribution in [-0.4, -0.2) is 26.2 Å². The molecular formula is C20H24ClN5O. The Hall–Kier alpha value is -2.44. The van der Waals surface area contributed by atoms with E-state index < -0.39 is 0 Å². The molecule has 2 aromatic carbocycles. The van der Waals surface area contributed by atoms with Gasteiger partial charge in [-0.3, -0.25) is 0 Å². The summed E-state index contributed by atoms with van der Waals surface area (Å²) in [5.74, 6) is 0.736. The minimum atomic E-state index is 0. The fourth-order valence-electron chi connectivity index (χ4n) is 3.37. The van der Waals surface area contributed by atoms with E-state index in [4.69, 9.17) is 4.74 Å². The molecular weight excluding hydrogens is 362 g/mol. The summed E-state index contributed by atoms with van der Waals surface area (Å²) in [7, 11) is 0. The van der Waals surface area contributed by atoms with Crippen molar-refractivity contribution in [3.63, 3.8) is 0 Å². The zero-order valence-electron chi connectivity index (χ0n) is 15.1. The highest BCUT2D eigenvalue weighted by Gasteiger charge is 2.13. The second kappa shape index (κ2) is 9.48. The van der Waals surface area contributed by atoms with Crippen molar-refractivity contribution in [2.75, 3.05) is 0 Å². The van der Waals surface area contributed by atoms with Gasteiger partial charge in [-0.1, -0.05) is 54.7 Å². The highest BCUT2D eigenvalue weighted by molar-refractivity contribution is 5.85. The monoisotopic (exact) mass is 385 g/mol. The van der Waals surface area contributed by atoms with Crippen LogP contribution in [0.15, 0.2) is 54.6 Å². The van der Waals surface area contributed by atoms with Crippen molar-refractivity contribution < 1.29 is 4.74 Å². The molecule has 0 unspecified atom stereocenters. The van der Waals surface area contributed by atoms with Gasteiger partial charge in [-0.25, -0.2) is 0 Å². The van der Waals surface area contributed by atoms with Gasteiger partial charge in [0.15, 0.2) is 0 Å². The number of aromatic nitrogens is 4. The highest BCUT2D eigenvalue weighted by atomic mass is 35.5. The maximum absolute atomic E-state index is 5.94. The van der Waals surface area contributed by atoms with Crippen molar-refractivity contribution in [1.82, 2.24) is 25.5 Å². The maximum Gasteiger partial charge on any atom is 0.345 e. The predicted molar refractivity (Wildman–Crippen MR) is 107 cm³/mol. The number of benzene rings is 2. The minimum Gasteiger partial charge on any atom is -0.423 e. The third kappa shape index (κ3) is 5.05. The molecule has 0 bridgehead atoms. The molecule has 4 rings (SSSR count). The van der Waals surface area contributed by atoms with E-state index in [1.54, 1.807) is 4.68 Å². The number of ether oxygens (including phenoxy) is 1. The van der Waals surface area contributed by atoms with Gasteiger partial charge < -0.3 is 10.1 Å². The zero-order valence-corrected chi connectivity index (χ0v) is 15.9. The van der Waals surface area contributed by atoms with Crippen LogP contribution in [-0.2, 0) is 6.54 Å². The van der Waals surface area contributed by atoms with Crippen molar-refractivity contribution in [2.45, 2.75) is 44.7 Å². The van der Waals surface area contributed by atoms with Crippen LogP contribution < -0.4 is 10.1 Å². The Morgan fingerprint density at radius 1 is 1.00 bits per heavy atom. The molecule has 7 heteroatoms. The van der Waals surface area contributed by atoms with Crippen LogP contribution in [0.4, 0.5) is 0 Å². The average molecular weight is 386 g/mol. The number of hydrogen-bond acceptors (Lipinski definition) is 5. The lowest BCUT2D eigenvalue weighted by Gasteiger charge is -2.22. The van der Waals surface area contributed by atoms with E-state index in [0.717, 1.165) is 18.0 Å². The van der Waals surface area contributed by atoms with E-state index >= 15 is 0 Å². The molecule has 1 aromatic heterocycles. The molecule has 1 aliphatic rings. The van der Waals surface area contributed by atoms with Gasteiger partial charge >= 0.3 is 6.01 Å². The number of para-hydroxylation sites is 1. The predicted octanol–water partition coefficient (Wildman–Crippen LogP) is 4.30. The molecule has 6 nitrogen and oxygen atoms in total. The third-order valence-electron chi connectivity index (χ3n) is 4.75. The van der Waals surface area contributed by atoms with Gasteiger partial charge in [-0.15, -0.1) is 12.4 Å². The van der Waals surface area contributed by atoms with Gasteiger partial charge in [0.25, 0.3) is 0 Å². The van der Waals surface area contributed by atoms with Crippen molar-refractivity contribution in [2.24, 2.45) is 0 Å². The fourth-order valence-corrected chi connectivity index (χ4v) is 3.37. The SMILES string of the molecule is Cl.c1ccc(-n2nnnc2Oc2cccc(CNC3CCCCC3)c2)cc1. The second-order valence-corrected chi connectivity index (χ2v) is 6.67. The molecule has 27 heavy (non-hydrogen) atoms. The number of nitrogens with one attached hydrogen (secondary N) is 1. The average Bonchev–Trinajstić information content (AvgIpc) is 3.16. The molecule has 1 saturated carbocycles. The standard InChI is InChI=1S/C20H23N5O.ClH/c1-3-9-17(10-4-1)21-15-16-8-7-13-19(14-16)26-20-22-23-24-25(20)18-11-5-2-6-12-18;/h2,5-8,11-14,17,21H,1,3-4,9-10,15H2;1H. The normalized spacial score (nSPS) is 14.5. The highest BCUT2D eigenvalue weighted by Crippen LogP contribution is 2.23. The molecule has 0 spiro atoms. The molecule has 1 aliphatic carbocycles. The Labute approximate surface area is 165 Å². The Kier molecular flexibility index (Phi) is 6.79. The zero-order chi connectivity index (χ0) is 17.6. The summed E-state index contributed by atoms with van der Waals surface area (Å²) in [5.41, 5.74) is 2.06. The largest absolute Gasteiger partial charge is 0.423 e. The van der Waals surface area contributed by atoms with Gasteiger partial charge in [0, 0.05) is 12.6 Å². The molecule has 0 radical (unpaired) electrons. The first-order valence-electron chi connectivity index (χ1n) is 9.22. The lowest BCUT2D eigenvalue weighted by atomic mass is 9.95. The summed E-state index contributed by atoms with van der Waals surface area (Å²) in [6, 6.07) is 18.8. The van der Waals surface area contributed by atoms with Crippen molar-refractivity contribution in [1.29, 1.82) is 0 Å². The molecule has 1 N–H and O–H groups in total. The maximum atomic E-state index is 5.94. The molecule has 0 saturated heterocycles. The van der Waals surface area contributed by atoms with Gasteiger partial charge in [0.2, 0.25) is 0 Å². The summed E-state index contributed by atoms with van der Waals surface area (Å²) >= 11 is 0. The first-order chi connectivity index (χ1) is 12.9. The lowest BCUT2D eigenvalue weighted by molar-refractivity contribution is 0.372. The first-order valence-corrected chi connectivity index (χ1v) is 9.22. The number of halogens is 1. The van der Waals surface area contributed by atoms with E-state index in [1.807, 2.05) is 48.5 Å². The van der Waals surface area contributed by atoms with Crippen LogP contribution in [0.3, 0.4) is 0 Å². The third-order valence-corrected chi connectivity index (χ3v) is 4.75. The van der Waals surface area contributed by atoms with Crippen LogP contribution in [0.25, 0.3) is 5.69 Å². The van der Waals surface area contributed by atoms with Crippen molar-refractivity contribution in [3.05, 3.63) is 60.2 Å². The summed E-state index contributed by atoms with van der Waals surface area (Å²) < 4.78 is 7.53. The number of rotatable bonds is 6. The van der Waals surface area contributed by atoms with Gasteiger partial charge in [0.1, 0.15) is 5.75 Å².